The average Bonchev–Trinajstić information content (AvgIpc) is 2.63. The van der Waals surface area contributed by atoms with Crippen molar-refractivity contribution in [1.82, 2.24) is 9.78 Å². The highest BCUT2D eigenvalue weighted by atomic mass is 35.5. The van der Waals surface area contributed by atoms with Gasteiger partial charge in [-0.25, -0.2) is 0 Å². The highest BCUT2D eigenvalue weighted by Gasteiger charge is 2.39. The molecule has 1 atom stereocenters. The van der Waals surface area contributed by atoms with Crippen LogP contribution in [0.4, 0.5) is 0 Å². The van der Waals surface area contributed by atoms with Gasteiger partial charge in [-0.3, -0.25) is 4.68 Å². The highest BCUT2D eigenvalue weighted by Crippen LogP contribution is 2.44. The maximum absolute atomic E-state index is 11.1. The number of aliphatic hydroxyl groups is 1. The van der Waals surface area contributed by atoms with E-state index < -0.39 is 5.60 Å². The molecule has 4 heteroatoms. The van der Waals surface area contributed by atoms with Crippen molar-refractivity contribution >= 4 is 11.6 Å². The second kappa shape index (κ2) is 5.10. The molecule has 3 nitrogen and oxygen atoms in total. The summed E-state index contributed by atoms with van der Waals surface area (Å²) in [7, 11) is 0. The lowest BCUT2D eigenvalue weighted by Crippen LogP contribution is -2.30. The fourth-order valence-corrected chi connectivity index (χ4v) is 3.37. The fraction of sp³-hybridized carbons (Fsp3) is 0.800. The minimum atomic E-state index is -0.828. The van der Waals surface area contributed by atoms with Crippen LogP contribution < -0.4 is 0 Å². The third kappa shape index (κ3) is 2.97. The number of nitrogens with zero attached hydrogens (tertiary/aromatic N) is 2. The Morgan fingerprint density at radius 1 is 1.26 bits per heavy atom. The summed E-state index contributed by atoms with van der Waals surface area (Å²) in [6, 6.07) is 0.211. The van der Waals surface area contributed by atoms with E-state index in [2.05, 4.69) is 32.8 Å². The third-order valence-electron chi connectivity index (χ3n) is 4.34. The van der Waals surface area contributed by atoms with Crippen molar-refractivity contribution in [2.24, 2.45) is 5.41 Å². The maximum Gasteiger partial charge on any atom is 0.108 e. The van der Waals surface area contributed by atoms with Crippen LogP contribution >= 0.6 is 11.6 Å². The first-order valence-electron chi connectivity index (χ1n) is 7.21. The van der Waals surface area contributed by atoms with Gasteiger partial charge in [0.05, 0.1) is 16.9 Å². The Morgan fingerprint density at radius 3 is 2.58 bits per heavy atom. The molecule has 1 aliphatic rings. The maximum atomic E-state index is 11.1. The zero-order valence-electron chi connectivity index (χ0n) is 12.4. The Labute approximate surface area is 121 Å². The standard InChI is InChI=1S/C15H25ClN2O/c1-11(2)18-13(12(16)10-17-18)15(19)7-5-6-14(3,4)8-9-15/h10-11,19H,5-9H2,1-4H3. The summed E-state index contributed by atoms with van der Waals surface area (Å²) in [5.41, 5.74) is 0.285. The summed E-state index contributed by atoms with van der Waals surface area (Å²) in [5.74, 6) is 0. The summed E-state index contributed by atoms with van der Waals surface area (Å²) < 4.78 is 1.88. The van der Waals surface area contributed by atoms with Crippen molar-refractivity contribution in [3.05, 3.63) is 16.9 Å². The molecule has 0 radical (unpaired) electrons. The molecule has 0 saturated heterocycles. The molecule has 1 aliphatic carbocycles. The van der Waals surface area contributed by atoms with Gasteiger partial charge in [-0.15, -0.1) is 0 Å². The number of hydrogen-bond donors (Lipinski definition) is 1. The van der Waals surface area contributed by atoms with E-state index in [4.69, 9.17) is 11.6 Å². The fourth-order valence-electron chi connectivity index (χ4n) is 3.06. The van der Waals surface area contributed by atoms with E-state index in [1.165, 1.54) is 0 Å². The second-order valence-electron chi connectivity index (χ2n) is 6.93. The Hall–Kier alpha value is -0.540. The molecule has 0 spiro atoms. The molecule has 0 aliphatic heterocycles. The van der Waals surface area contributed by atoms with Gasteiger partial charge in [0.25, 0.3) is 0 Å². The molecule has 2 rings (SSSR count). The van der Waals surface area contributed by atoms with Crippen LogP contribution in [0.3, 0.4) is 0 Å². The first-order valence-corrected chi connectivity index (χ1v) is 7.59. The zero-order valence-corrected chi connectivity index (χ0v) is 13.2. The molecular formula is C15H25ClN2O. The van der Waals surface area contributed by atoms with Crippen molar-refractivity contribution < 1.29 is 5.11 Å². The Kier molecular flexibility index (Phi) is 3.99. The van der Waals surface area contributed by atoms with E-state index in [0.29, 0.717) is 10.4 Å². The summed E-state index contributed by atoms with van der Waals surface area (Å²) >= 11 is 6.29. The van der Waals surface area contributed by atoms with Gasteiger partial charge in [-0.2, -0.15) is 5.10 Å². The van der Waals surface area contributed by atoms with Crippen LogP contribution in [0.25, 0.3) is 0 Å². The molecule has 108 valence electrons. The van der Waals surface area contributed by atoms with E-state index in [0.717, 1.165) is 37.8 Å². The van der Waals surface area contributed by atoms with Crippen molar-refractivity contribution in [2.45, 2.75) is 71.4 Å². The Balaban J connectivity index is 2.37. The number of hydrogen-bond acceptors (Lipinski definition) is 2. The number of rotatable bonds is 2. The molecule has 19 heavy (non-hydrogen) atoms. The third-order valence-corrected chi connectivity index (χ3v) is 4.62. The van der Waals surface area contributed by atoms with Gasteiger partial charge < -0.3 is 5.11 Å². The SMILES string of the molecule is CC(C)n1ncc(Cl)c1C1(O)CCCC(C)(C)CC1. The van der Waals surface area contributed by atoms with Gasteiger partial charge in [0.1, 0.15) is 5.60 Å². The lowest BCUT2D eigenvalue weighted by atomic mass is 9.83. The summed E-state index contributed by atoms with van der Waals surface area (Å²) in [4.78, 5) is 0. The van der Waals surface area contributed by atoms with Gasteiger partial charge in [0.2, 0.25) is 0 Å². The Bertz CT molecular complexity index is 453. The van der Waals surface area contributed by atoms with Crippen LogP contribution in [0.5, 0.6) is 0 Å². The number of halogens is 1. The van der Waals surface area contributed by atoms with Crippen LogP contribution in [0, 0.1) is 5.41 Å². The largest absolute Gasteiger partial charge is 0.384 e. The molecule has 0 amide bonds. The van der Waals surface area contributed by atoms with Crippen molar-refractivity contribution in [3.8, 4) is 0 Å². The van der Waals surface area contributed by atoms with E-state index in [-0.39, 0.29) is 6.04 Å². The quantitative estimate of drug-likeness (QED) is 0.823. The summed E-state index contributed by atoms with van der Waals surface area (Å²) in [6.07, 6.45) is 6.40. The smallest absolute Gasteiger partial charge is 0.108 e. The molecule has 1 aromatic rings. The average molecular weight is 285 g/mol. The van der Waals surface area contributed by atoms with Crippen molar-refractivity contribution in [2.75, 3.05) is 0 Å². The molecule has 1 aromatic heterocycles. The zero-order chi connectivity index (χ0) is 14.3. The highest BCUT2D eigenvalue weighted by molar-refractivity contribution is 6.31. The second-order valence-corrected chi connectivity index (χ2v) is 7.34. The first kappa shape index (κ1) is 14.9. The Morgan fingerprint density at radius 2 is 1.95 bits per heavy atom. The van der Waals surface area contributed by atoms with Gasteiger partial charge in [-0.1, -0.05) is 25.4 Å². The first-order chi connectivity index (χ1) is 8.75. The molecule has 0 bridgehead atoms. The molecule has 1 unspecified atom stereocenters. The van der Waals surface area contributed by atoms with Crippen LogP contribution in [0.15, 0.2) is 6.20 Å². The van der Waals surface area contributed by atoms with E-state index >= 15 is 0 Å². The molecule has 1 fully saturated rings. The summed E-state index contributed by atoms with van der Waals surface area (Å²) in [6.45, 7) is 8.69. The van der Waals surface area contributed by atoms with Gasteiger partial charge in [0.15, 0.2) is 0 Å². The van der Waals surface area contributed by atoms with Gasteiger partial charge in [0, 0.05) is 6.04 Å². The van der Waals surface area contributed by atoms with Crippen LogP contribution in [0.1, 0.15) is 71.5 Å². The molecular weight excluding hydrogens is 260 g/mol. The predicted molar refractivity (Wildman–Crippen MR) is 78.4 cm³/mol. The van der Waals surface area contributed by atoms with Crippen LogP contribution in [-0.2, 0) is 5.60 Å². The van der Waals surface area contributed by atoms with Crippen LogP contribution in [-0.4, -0.2) is 14.9 Å². The van der Waals surface area contributed by atoms with Crippen molar-refractivity contribution in [3.63, 3.8) is 0 Å². The van der Waals surface area contributed by atoms with Gasteiger partial charge >= 0.3 is 0 Å². The minimum Gasteiger partial charge on any atom is -0.384 e. The summed E-state index contributed by atoms with van der Waals surface area (Å²) in [5, 5.41) is 16.0. The molecule has 0 aromatic carbocycles. The monoisotopic (exact) mass is 284 g/mol. The van der Waals surface area contributed by atoms with E-state index in [1.54, 1.807) is 6.20 Å². The van der Waals surface area contributed by atoms with Crippen LogP contribution in [0.2, 0.25) is 5.02 Å². The molecule has 1 N–H and O–H groups in total. The van der Waals surface area contributed by atoms with Gasteiger partial charge in [-0.05, 0) is 51.4 Å². The lowest BCUT2D eigenvalue weighted by molar-refractivity contribution is 0.00841. The normalized spacial score (nSPS) is 27.5. The topological polar surface area (TPSA) is 38.0 Å². The molecule has 1 saturated carbocycles. The predicted octanol–water partition coefficient (Wildman–Crippen LogP) is 4.30. The lowest BCUT2D eigenvalue weighted by Gasteiger charge is -2.30. The van der Waals surface area contributed by atoms with Crippen molar-refractivity contribution in [1.29, 1.82) is 0 Å². The van der Waals surface area contributed by atoms with E-state index in [9.17, 15) is 5.11 Å². The van der Waals surface area contributed by atoms with E-state index in [1.807, 2.05) is 4.68 Å². The molecule has 1 heterocycles. The minimum absolute atomic E-state index is 0.211. The number of aromatic nitrogens is 2.